The summed E-state index contributed by atoms with van der Waals surface area (Å²) in [5.41, 5.74) is 3.16. The molecule has 1 aromatic heterocycles. The minimum absolute atomic E-state index is 0.0252. The van der Waals surface area contributed by atoms with E-state index >= 15 is 0 Å². The molecule has 4 rings (SSSR count). The Morgan fingerprint density at radius 2 is 1.59 bits per heavy atom. The highest BCUT2D eigenvalue weighted by Crippen LogP contribution is 2.29. The van der Waals surface area contributed by atoms with Crippen molar-refractivity contribution >= 4 is 21.6 Å². The number of pyridine rings is 1. The van der Waals surface area contributed by atoms with Gasteiger partial charge in [0.1, 0.15) is 10.6 Å². The van der Waals surface area contributed by atoms with Crippen molar-refractivity contribution in [2.75, 3.05) is 25.5 Å². The molecule has 0 saturated carbocycles. The number of aromatic nitrogens is 1. The molecule has 7 nitrogen and oxygen atoms in total. The summed E-state index contributed by atoms with van der Waals surface area (Å²) in [7, 11) is -2.33. The van der Waals surface area contributed by atoms with Gasteiger partial charge in [-0.3, -0.25) is 9.78 Å². The summed E-state index contributed by atoms with van der Waals surface area (Å²) < 4.78 is 33.5. The van der Waals surface area contributed by atoms with Crippen molar-refractivity contribution in [3.05, 3.63) is 83.7 Å². The Morgan fingerprint density at radius 3 is 2.24 bits per heavy atom. The Kier molecular flexibility index (Phi) is 7.59. The van der Waals surface area contributed by atoms with Crippen LogP contribution in [0.5, 0.6) is 5.75 Å². The van der Waals surface area contributed by atoms with E-state index in [1.54, 1.807) is 18.5 Å². The first-order valence-electron chi connectivity index (χ1n) is 11.4. The first-order chi connectivity index (χ1) is 16.5. The fraction of sp³-hybridized carbons (Fsp3) is 0.308. The molecule has 0 atom stereocenters. The number of methoxy groups -OCH3 is 1. The monoisotopic (exact) mass is 479 g/mol. The van der Waals surface area contributed by atoms with E-state index in [2.05, 4.69) is 10.3 Å². The summed E-state index contributed by atoms with van der Waals surface area (Å²) >= 11 is 0. The van der Waals surface area contributed by atoms with Gasteiger partial charge in [-0.2, -0.15) is 4.31 Å². The summed E-state index contributed by atoms with van der Waals surface area (Å²) in [6.07, 6.45) is 8.00. The zero-order chi connectivity index (χ0) is 24.0. The Labute approximate surface area is 200 Å². The number of hydrogen-bond donors (Lipinski definition) is 1. The normalized spacial score (nSPS) is 14.9. The van der Waals surface area contributed by atoms with E-state index < -0.39 is 10.0 Å². The number of nitrogens with zero attached hydrogens (tertiary/aromatic N) is 2. The standard InChI is InChI=1S/C26H29N3O4S/c1-33-24-11-8-22(19-25(24)34(31,32)29-16-4-2-3-5-17-29)26(30)28-23-9-6-20(7-10-23)18-21-12-14-27-15-13-21/h6-15,19H,2-5,16-18H2,1H3,(H,28,30). The first-order valence-corrected chi connectivity index (χ1v) is 12.9. The topological polar surface area (TPSA) is 88.6 Å². The summed E-state index contributed by atoms with van der Waals surface area (Å²) in [5.74, 6) is -0.141. The highest BCUT2D eigenvalue weighted by Gasteiger charge is 2.29. The second-order valence-electron chi connectivity index (χ2n) is 8.37. The van der Waals surface area contributed by atoms with E-state index in [4.69, 9.17) is 4.74 Å². The van der Waals surface area contributed by atoms with Crippen molar-refractivity contribution in [3.8, 4) is 5.75 Å². The van der Waals surface area contributed by atoms with Gasteiger partial charge in [0.25, 0.3) is 5.91 Å². The van der Waals surface area contributed by atoms with Gasteiger partial charge >= 0.3 is 0 Å². The van der Waals surface area contributed by atoms with Crippen LogP contribution in [0.3, 0.4) is 0 Å². The minimum atomic E-state index is -3.77. The number of nitrogens with one attached hydrogen (secondary N) is 1. The molecule has 3 aromatic rings. The zero-order valence-electron chi connectivity index (χ0n) is 19.2. The molecule has 1 fully saturated rings. The molecule has 0 aliphatic carbocycles. The maximum atomic E-state index is 13.4. The number of sulfonamides is 1. The van der Waals surface area contributed by atoms with E-state index in [0.717, 1.165) is 43.2 Å². The average Bonchev–Trinajstić information content (AvgIpc) is 3.16. The molecule has 2 aromatic carbocycles. The number of hydrogen-bond acceptors (Lipinski definition) is 5. The molecule has 1 aliphatic rings. The fourth-order valence-electron chi connectivity index (χ4n) is 4.09. The van der Waals surface area contributed by atoms with Crippen LogP contribution in [0.4, 0.5) is 5.69 Å². The SMILES string of the molecule is COc1ccc(C(=O)Nc2ccc(Cc3ccncc3)cc2)cc1S(=O)(=O)N1CCCCCC1. The van der Waals surface area contributed by atoms with Crippen LogP contribution < -0.4 is 10.1 Å². The van der Waals surface area contributed by atoms with E-state index in [1.165, 1.54) is 23.5 Å². The lowest BCUT2D eigenvalue weighted by molar-refractivity contribution is 0.102. The van der Waals surface area contributed by atoms with Crippen molar-refractivity contribution in [3.63, 3.8) is 0 Å². The maximum absolute atomic E-state index is 13.4. The molecular weight excluding hydrogens is 450 g/mol. The molecule has 0 radical (unpaired) electrons. The summed E-state index contributed by atoms with van der Waals surface area (Å²) in [5, 5.41) is 2.86. The molecule has 0 unspecified atom stereocenters. The fourth-order valence-corrected chi connectivity index (χ4v) is 5.78. The van der Waals surface area contributed by atoms with Crippen LogP contribution >= 0.6 is 0 Å². The molecule has 0 spiro atoms. The number of anilines is 1. The molecule has 1 aliphatic heterocycles. The Morgan fingerprint density at radius 1 is 0.941 bits per heavy atom. The lowest BCUT2D eigenvalue weighted by atomic mass is 10.1. The molecular formula is C26H29N3O4S. The molecule has 1 N–H and O–H groups in total. The lowest BCUT2D eigenvalue weighted by Crippen LogP contribution is -2.32. The van der Waals surface area contributed by atoms with E-state index in [0.29, 0.717) is 18.8 Å². The molecule has 8 heteroatoms. The molecule has 178 valence electrons. The average molecular weight is 480 g/mol. The lowest BCUT2D eigenvalue weighted by Gasteiger charge is -2.21. The molecule has 34 heavy (non-hydrogen) atoms. The van der Waals surface area contributed by atoms with Gasteiger partial charge in [0.2, 0.25) is 10.0 Å². The maximum Gasteiger partial charge on any atom is 0.255 e. The predicted molar refractivity (Wildman–Crippen MR) is 132 cm³/mol. The summed E-state index contributed by atoms with van der Waals surface area (Å²) in [6.45, 7) is 0.960. The van der Waals surface area contributed by atoms with Gasteiger partial charge in [-0.25, -0.2) is 8.42 Å². The van der Waals surface area contributed by atoms with Gasteiger partial charge in [-0.15, -0.1) is 0 Å². The van der Waals surface area contributed by atoms with Gasteiger partial charge in [-0.1, -0.05) is 25.0 Å². The Balaban J connectivity index is 1.51. The molecule has 0 bridgehead atoms. The predicted octanol–water partition coefficient (Wildman–Crippen LogP) is 4.50. The quantitative estimate of drug-likeness (QED) is 0.539. The van der Waals surface area contributed by atoms with E-state index in [1.807, 2.05) is 36.4 Å². The van der Waals surface area contributed by atoms with Crippen LogP contribution in [0.15, 0.2) is 71.9 Å². The number of ether oxygens (including phenoxy) is 1. The van der Waals surface area contributed by atoms with Crippen LogP contribution in [0, 0.1) is 0 Å². The van der Waals surface area contributed by atoms with Crippen molar-refractivity contribution in [2.24, 2.45) is 0 Å². The molecule has 2 heterocycles. The van der Waals surface area contributed by atoms with Crippen molar-refractivity contribution < 1.29 is 17.9 Å². The van der Waals surface area contributed by atoms with Crippen LogP contribution in [-0.4, -0.2) is 43.8 Å². The zero-order valence-corrected chi connectivity index (χ0v) is 20.1. The second-order valence-corrected chi connectivity index (χ2v) is 10.3. The Hall–Kier alpha value is -3.23. The van der Waals surface area contributed by atoms with Gasteiger partial charge in [-0.05, 0) is 72.9 Å². The summed E-state index contributed by atoms with van der Waals surface area (Å²) in [6, 6.07) is 16.1. The number of amides is 1. The van der Waals surface area contributed by atoms with Crippen LogP contribution in [0.2, 0.25) is 0 Å². The largest absolute Gasteiger partial charge is 0.495 e. The third kappa shape index (κ3) is 5.63. The van der Waals surface area contributed by atoms with Crippen LogP contribution in [0.25, 0.3) is 0 Å². The summed E-state index contributed by atoms with van der Waals surface area (Å²) in [4.78, 5) is 17.0. The molecule has 1 amide bonds. The Bertz CT molecular complexity index is 1220. The van der Waals surface area contributed by atoms with E-state index in [9.17, 15) is 13.2 Å². The number of carbonyl (C=O) groups is 1. The smallest absolute Gasteiger partial charge is 0.255 e. The van der Waals surface area contributed by atoms with Crippen molar-refractivity contribution in [1.82, 2.24) is 9.29 Å². The molecule has 1 saturated heterocycles. The van der Waals surface area contributed by atoms with Gasteiger partial charge in [0, 0.05) is 36.7 Å². The first kappa shape index (κ1) is 23.9. The van der Waals surface area contributed by atoms with Gasteiger partial charge < -0.3 is 10.1 Å². The minimum Gasteiger partial charge on any atom is -0.495 e. The van der Waals surface area contributed by atoms with Gasteiger partial charge in [0.05, 0.1) is 7.11 Å². The van der Waals surface area contributed by atoms with Gasteiger partial charge in [0.15, 0.2) is 0 Å². The third-order valence-electron chi connectivity index (χ3n) is 5.98. The third-order valence-corrected chi connectivity index (χ3v) is 7.90. The van der Waals surface area contributed by atoms with E-state index in [-0.39, 0.29) is 22.1 Å². The second kappa shape index (κ2) is 10.8. The highest BCUT2D eigenvalue weighted by atomic mass is 32.2. The highest BCUT2D eigenvalue weighted by molar-refractivity contribution is 7.89. The number of benzene rings is 2. The van der Waals surface area contributed by atoms with Crippen molar-refractivity contribution in [1.29, 1.82) is 0 Å². The van der Waals surface area contributed by atoms with Crippen molar-refractivity contribution in [2.45, 2.75) is 37.0 Å². The number of rotatable bonds is 7. The van der Waals surface area contributed by atoms with Crippen LogP contribution in [-0.2, 0) is 16.4 Å². The van der Waals surface area contributed by atoms with Crippen LogP contribution in [0.1, 0.15) is 47.2 Å². The number of carbonyl (C=O) groups excluding carboxylic acids is 1.